The molecule has 0 amide bonds. The number of nitrogens with two attached hydrogens (primary N) is 1. The van der Waals surface area contributed by atoms with Gasteiger partial charge >= 0.3 is 12.1 Å². The normalized spacial score (nSPS) is 41.3. The van der Waals surface area contributed by atoms with Crippen molar-refractivity contribution in [1.82, 2.24) is 0 Å². The maximum atomic E-state index is 13.9. The van der Waals surface area contributed by atoms with Crippen LogP contribution in [0.5, 0.6) is 0 Å². The number of carbonyl (C=O) groups excluding carboxylic acids is 1. The maximum Gasteiger partial charge on any atom is 0.506 e. The third-order valence-electron chi connectivity index (χ3n) is 10.9. The van der Waals surface area contributed by atoms with Gasteiger partial charge in [0.2, 0.25) is 0 Å². The van der Waals surface area contributed by atoms with Crippen LogP contribution in [0.3, 0.4) is 0 Å². The number of aliphatic carboxylic acids is 1. The molecule has 9 heteroatoms. The fourth-order valence-electron chi connectivity index (χ4n) is 9.58. The molecule has 5 aliphatic rings. The second-order valence-corrected chi connectivity index (χ2v) is 13.6. The number of hydrogen-bond acceptors (Lipinski definition) is 7. The number of allylic oxidation sites excluding steroid dienone is 1. The zero-order valence-corrected chi connectivity index (χ0v) is 24.1. The molecule has 0 radical (unpaired) electrons. The van der Waals surface area contributed by atoms with Gasteiger partial charge in [-0.25, -0.2) is 4.79 Å². The van der Waals surface area contributed by atoms with E-state index in [1.807, 2.05) is 0 Å². The Balaban J connectivity index is 1.47. The van der Waals surface area contributed by atoms with Gasteiger partial charge in [-0.15, -0.1) is 0 Å². The van der Waals surface area contributed by atoms with Gasteiger partial charge in [0, 0.05) is 23.3 Å². The van der Waals surface area contributed by atoms with Crippen LogP contribution in [0.1, 0.15) is 72.1 Å². The molecular formula is C31H47NO8. The highest BCUT2D eigenvalue weighted by molar-refractivity contribution is 5.97. The standard InChI is InChI=1S/C31H47NO8/c1-4-5-18(32)13-39-28-21-14-38-15-31(12-25(28)40-30(36)37)22(21)9-8-19-20-7-6-17(10-16(2)3)26(29(34)35)27(20)24(33)11-23(19)31/h11,16-22,25-28H,4-10,12-15,32H2,1-3H3,(H,34,35)(H,36,37)/t17?,18?,19?,20?,21?,22?,25-,26-,27?,28-,31+/m1/s1. The van der Waals surface area contributed by atoms with Gasteiger partial charge < -0.3 is 30.2 Å². The molecule has 4 aliphatic carbocycles. The summed E-state index contributed by atoms with van der Waals surface area (Å²) >= 11 is 0. The van der Waals surface area contributed by atoms with Gasteiger partial charge in [-0.3, -0.25) is 9.59 Å². The third-order valence-corrected chi connectivity index (χ3v) is 10.9. The Labute approximate surface area is 237 Å². The molecular weight excluding hydrogens is 514 g/mol. The van der Waals surface area contributed by atoms with Gasteiger partial charge in [0.25, 0.3) is 0 Å². The van der Waals surface area contributed by atoms with Crippen molar-refractivity contribution in [2.24, 2.45) is 58.5 Å². The molecule has 2 bridgehead atoms. The summed E-state index contributed by atoms with van der Waals surface area (Å²) in [6.07, 6.45) is 5.75. The lowest BCUT2D eigenvalue weighted by molar-refractivity contribution is -0.218. The second kappa shape index (κ2) is 11.7. The van der Waals surface area contributed by atoms with Crippen molar-refractivity contribution < 1.29 is 38.8 Å². The van der Waals surface area contributed by atoms with E-state index >= 15 is 0 Å². The highest BCUT2D eigenvalue weighted by Gasteiger charge is 2.64. The van der Waals surface area contributed by atoms with Crippen LogP contribution >= 0.6 is 0 Å². The zero-order chi connectivity index (χ0) is 28.8. The summed E-state index contributed by atoms with van der Waals surface area (Å²) in [6.45, 7) is 7.49. The number of carbonyl (C=O) groups is 3. The summed E-state index contributed by atoms with van der Waals surface area (Å²) in [6, 6.07) is -0.133. The van der Waals surface area contributed by atoms with Crippen molar-refractivity contribution in [3.63, 3.8) is 0 Å². The summed E-state index contributed by atoms with van der Waals surface area (Å²) in [5, 5.41) is 19.9. The van der Waals surface area contributed by atoms with Crippen LogP contribution in [0.25, 0.3) is 0 Å². The van der Waals surface area contributed by atoms with Crippen LogP contribution in [-0.4, -0.2) is 66.2 Å². The van der Waals surface area contributed by atoms with Crippen molar-refractivity contribution in [2.75, 3.05) is 19.8 Å². The van der Waals surface area contributed by atoms with E-state index in [2.05, 4.69) is 20.8 Å². The summed E-state index contributed by atoms with van der Waals surface area (Å²) in [5.74, 6) is -1.49. The quantitative estimate of drug-likeness (QED) is 0.346. The lowest BCUT2D eigenvalue weighted by atomic mass is 9.45. The van der Waals surface area contributed by atoms with E-state index in [1.54, 1.807) is 6.08 Å². The monoisotopic (exact) mass is 561 g/mol. The van der Waals surface area contributed by atoms with Crippen LogP contribution in [0.2, 0.25) is 0 Å². The highest BCUT2D eigenvalue weighted by Crippen LogP contribution is 2.64. The largest absolute Gasteiger partial charge is 0.506 e. The number of hydrogen-bond donors (Lipinski definition) is 3. The Hall–Kier alpha value is -1.97. The van der Waals surface area contributed by atoms with Gasteiger partial charge in [-0.05, 0) is 80.6 Å². The molecule has 1 saturated heterocycles. The minimum Gasteiger partial charge on any atom is -0.481 e. The summed E-state index contributed by atoms with van der Waals surface area (Å²) in [7, 11) is 0. The number of carboxylic acids is 1. The Bertz CT molecular complexity index is 1010. The highest BCUT2D eigenvalue weighted by atomic mass is 16.7. The smallest absolute Gasteiger partial charge is 0.481 e. The molecule has 4 N–H and O–H groups in total. The first-order chi connectivity index (χ1) is 19.1. The lowest BCUT2D eigenvalue weighted by Gasteiger charge is -2.62. The van der Waals surface area contributed by atoms with Crippen LogP contribution in [0.4, 0.5) is 4.79 Å². The van der Waals surface area contributed by atoms with E-state index in [1.165, 1.54) is 0 Å². The number of ether oxygens (including phenoxy) is 3. The molecule has 1 aliphatic heterocycles. The Morgan fingerprint density at radius 1 is 1.18 bits per heavy atom. The van der Waals surface area contributed by atoms with Gasteiger partial charge in [-0.2, -0.15) is 0 Å². The maximum absolute atomic E-state index is 13.9. The van der Waals surface area contributed by atoms with Crippen LogP contribution in [0.15, 0.2) is 11.6 Å². The molecule has 7 unspecified atom stereocenters. The lowest BCUT2D eigenvalue weighted by Crippen LogP contribution is -2.64. The zero-order valence-electron chi connectivity index (χ0n) is 24.1. The van der Waals surface area contributed by atoms with Crippen molar-refractivity contribution in [3.8, 4) is 0 Å². The van der Waals surface area contributed by atoms with E-state index in [4.69, 9.17) is 19.9 Å². The summed E-state index contributed by atoms with van der Waals surface area (Å²) < 4.78 is 18.0. The molecule has 4 fully saturated rings. The van der Waals surface area contributed by atoms with Gasteiger partial charge in [0.1, 0.15) is 6.10 Å². The fraction of sp³-hybridized carbons (Fsp3) is 0.839. The Kier molecular flexibility index (Phi) is 8.65. The first-order valence-corrected chi connectivity index (χ1v) is 15.4. The minimum atomic E-state index is -1.33. The predicted octanol–water partition coefficient (Wildman–Crippen LogP) is 4.52. The molecule has 3 saturated carbocycles. The van der Waals surface area contributed by atoms with Gasteiger partial charge in [0.05, 0.1) is 31.8 Å². The summed E-state index contributed by atoms with van der Waals surface area (Å²) in [5.41, 5.74) is 6.78. The fourth-order valence-corrected chi connectivity index (χ4v) is 9.58. The van der Waals surface area contributed by atoms with Crippen molar-refractivity contribution in [3.05, 3.63) is 11.6 Å². The van der Waals surface area contributed by atoms with Gasteiger partial charge in [-0.1, -0.05) is 32.8 Å². The number of ketones is 1. The molecule has 9 nitrogen and oxygen atoms in total. The molecule has 0 spiro atoms. The third kappa shape index (κ3) is 5.22. The summed E-state index contributed by atoms with van der Waals surface area (Å²) in [4.78, 5) is 38.2. The van der Waals surface area contributed by atoms with Crippen LogP contribution in [0, 0.1) is 52.8 Å². The van der Waals surface area contributed by atoms with Crippen molar-refractivity contribution in [2.45, 2.75) is 90.4 Å². The van der Waals surface area contributed by atoms with Crippen LogP contribution < -0.4 is 5.73 Å². The van der Waals surface area contributed by atoms with Crippen molar-refractivity contribution in [1.29, 1.82) is 0 Å². The molecule has 5 rings (SSSR count). The first-order valence-electron chi connectivity index (χ1n) is 15.4. The molecule has 0 aromatic rings. The molecule has 11 atom stereocenters. The average Bonchev–Trinajstić information content (AvgIpc) is 2.87. The number of rotatable bonds is 9. The van der Waals surface area contributed by atoms with E-state index < -0.39 is 41.6 Å². The van der Waals surface area contributed by atoms with E-state index in [9.17, 15) is 24.6 Å². The predicted molar refractivity (Wildman–Crippen MR) is 146 cm³/mol. The molecule has 224 valence electrons. The molecule has 40 heavy (non-hydrogen) atoms. The molecule has 0 aromatic heterocycles. The number of carboxylic acid groups (broad SMARTS) is 2. The molecule has 1 heterocycles. The topological polar surface area (TPSA) is 145 Å². The van der Waals surface area contributed by atoms with Gasteiger partial charge in [0.15, 0.2) is 5.78 Å². The van der Waals surface area contributed by atoms with E-state index in [0.29, 0.717) is 32.2 Å². The number of fused-ring (bicyclic) bond motifs is 3. The Morgan fingerprint density at radius 3 is 2.62 bits per heavy atom. The van der Waals surface area contributed by atoms with E-state index in [-0.39, 0.29) is 41.4 Å². The Morgan fingerprint density at radius 2 is 1.95 bits per heavy atom. The second-order valence-electron chi connectivity index (χ2n) is 13.6. The van der Waals surface area contributed by atoms with Crippen molar-refractivity contribution >= 4 is 17.9 Å². The molecule has 0 aromatic carbocycles. The van der Waals surface area contributed by atoms with E-state index in [0.717, 1.165) is 50.5 Å². The minimum absolute atomic E-state index is 0.00688. The average molecular weight is 562 g/mol. The van der Waals surface area contributed by atoms with Crippen LogP contribution in [-0.2, 0) is 23.8 Å². The first kappa shape index (κ1) is 29.5. The SMILES string of the molecule is CCCC(N)CO[C@@H]1C2COC[C@]3(C[C@H]1OC(=O)O)C1=CC(=O)C4C(CCC(CC(C)C)[C@H]4C(=O)O)C1CCC23.